The number of amides is 1. The summed E-state index contributed by atoms with van der Waals surface area (Å²) >= 11 is 1.40. The summed E-state index contributed by atoms with van der Waals surface area (Å²) in [5, 5.41) is 0.0560. The van der Waals surface area contributed by atoms with Crippen molar-refractivity contribution in [2.45, 2.75) is 43.1 Å². The minimum Gasteiger partial charge on any atom is -0.338 e. The molecule has 2 aromatic carbocycles. The van der Waals surface area contributed by atoms with Crippen molar-refractivity contribution >= 4 is 17.7 Å². The second-order valence-corrected chi connectivity index (χ2v) is 8.52. The van der Waals surface area contributed by atoms with Gasteiger partial charge in [0.15, 0.2) is 0 Å². The third-order valence-electron chi connectivity index (χ3n) is 4.89. The Hall–Kier alpha value is -1.95. The topological polar surface area (TPSA) is 20.3 Å². The Balaban J connectivity index is 1.62. The molecule has 0 N–H and O–H groups in total. The van der Waals surface area contributed by atoms with Gasteiger partial charge in [0.2, 0.25) is 5.91 Å². The molecule has 0 saturated carbocycles. The summed E-state index contributed by atoms with van der Waals surface area (Å²) in [6.45, 7) is 5.22. The molecule has 1 fully saturated rings. The van der Waals surface area contributed by atoms with Gasteiger partial charge in [0, 0.05) is 29.7 Å². The lowest BCUT2D eigenvalue weighted by Gasteiger charge is -2.20. The number of hydrogen-bond donors (Lipinski definition) is 0. The Morgan fingerprint density at radius 1 is 1.19 bits per heavy atom. The zero-order valence-corrected chi connectivity index (χ0v) is 16.1. The van der Waals surface area contributed by atoms with E-state index in [0.717, 1.165) is 11.6 Å². The SMILES string of the molecule is Cc1ccc(CN2CC(C(C)Sc3cccc(C(F)(F)F)c3)CC2=O)cc1. The molecule has 2 aromatic rings. The van der Waals surface area contributed by atoms with Crippen LogP contribution >= 0.6 is 11.8 Å². The van der Waals surface area contributed by atoms with E-state index in [1.165, 1.54) is 29.5 Å². The van der Waals surface area contributed by atoms with E-state index in [2.05, 4.69) is 0 Å². The molecule has 0 aliphatic carbocycles. The Bertz CT molecular complexity index is 804. The first-order valence-electron chi connectivity index (χ1n) is 8.89. The van der Waals surface area contributed by atoms with E-state index >= 15 is 0 Å². The van der Waals surface area contributed by atoms with Crippen molar-refractivity contribution in [3.8, 4) is 0 Å². The van der Waals surface area contributed by atoms with Crippen LogP contribution in [0.1, 0.15) is 30.0 Å². The average molecular weight is 393 g/mol. The van der Waals surface area contributed by atoms with Crippen LogP contribution in [0.2, 0.25) is 0 Å². The summed E-state index contributed by atoms with van der Waals surface area (Å²) < 4.78 is 38.6. The monoisotopic (exact) mass is 393 g/mol. The van der Waals surface area contributed by atoms with Crippen molar-refractivity contribution in [1.29, 1.82) is 0 Å². The molecule has 144 valence electrons. The fourth-order valence-corrected chi connectivity index (χ4v) is 4.40. The zero-order valence-electron chi connectivity index (χ0n) is 15.3. The van der Waals surface area contributed by atoms with Gasteiger partial charge in [0.1, 0.15) is 0 Å². The summed E-state index contributed by atoms with van der Waals surface area (Å²) in [4.78, 5) is 14.8. The Labute approximate surface area is 161 Å². The van der Waals surface area contributed by atoms with Crippen LogP contribution in [0.4, 0.5) is 13.2 Å². The van der Waals surface area contributed by atoms with E-state index in [0.29, 0.717) is 24.4 Å². The van der Waals surface area contributed by atoms with Gasteiger partial charge in [-0.05, 0) is 36.6 Å². The van der Waals surface area contributed by atoms with Crippen molar-refractivity contribution in [2.75, 3.05) is 6.54 Å². The number of aryl methyl sites for hydroxylation is 1. The largest absolute Gasteiger partial charge is 0.416 e. The molecule has 3 rings (SSSR count). The first-order chi connectivity index (χ1) is 12.7. The van der Waals surface area contributed by atoms with Gasteiger partial charge >= 0.3 is 6.18 Å². The third-order valence-corrected chi connectivity index (χ3v) is 6.17. The van der Waals surface area contributed by atoms with Gasteiger partial charge in [0.25, 0.3) is 0 Å². The standard InChI is InChI=1S/C21H22F3NOS/c1-14-6-8-16(9-7-14)12-25-13-17(10-20(25)26)15(2)27-19-5-3-4-18(11-19)21(22,23)24/h3-9,11,15,17H,10,12-13H2,1-2H3. The van der Waals surface area contributed by atoms with Gasteiger partial charge < -0.3 is 4.90 Å². The predicted octanol–water partition coefficient (Wildman–Crippen LogP) is 5.54. The number of halogens is 3. The van der Waals surface area contributed by atoms with Crippen LogP contribution in [0.5, 0.6) is 0 Å². The first-order valence-corrected chi connectivity index (χ1v) is 9.77. The molecule has 0 radical (unpaired) electrons. The number of likely N-dealkylation sites (tertiary alicyclic amines) is 1. The second-order valence-electron chi connectivity index (χ2n) is 7.07. The van der Waals surface area contributed by atoms with E-state index < -0.39 is 11.7 Å². The van der Waals surface area contributed by atoms with Crippen LogP contribution in [-0.2, 0) is 17.5 Å². The van der Waals surface area contributed by atoms with Crippen molar-refractivity contribution in [1.82, 2.24) is 4.90 Å². The number of nitrogens with zero attached hydrogens (tertiary/aromatic N) is 1. The number of thioether (sulfide) groups is 1. The maximum absolute atomic E-state index is 12.9. The van der Waals surface area contributed by atoms with Crippen molar-refractivity contribution in [3.05, 3.63) is 65.2 Å². The van der Waals surface area contributed by atoms with Crippen molar-refractivity contribution in [3.63, 3.8) is 0 Å². The molecule has 0 aromatic heterocycles. The summed E-state index contributed by atoms with van der Waals surface area (Å²) in [7, 11) is 0. The highest BCUT2D eigenvalue weighted by Crippen LogP contribution is 2.36. The first kappa shape index (κ1) is 19.8. The summed E-state index contributed by atoms with van der Waals surface area (Å²) in [5.74, 6) is 0.236. The molecule has 1 aliphatic heterocycles. The Kier molecular flexibility index (Phi) is 5.84. The summed E-state index contributed by atoms with van der Waals surface area (Å²) in [6.07, 6.45) is -3.90. The highest BCUT2D eigenvalue weighted by molar-refractivity contribution is 8.00. The number of carbonyl (C=O) groups excluding carboxylic acids is 1. The summed E-state index contributed by atoms with van der Waals surface area (Å²) in [5.41, 5.74) is 1.63. The quantitative estimate of drug-likeness (QED) is 0.622. The molecular formula is C21H22F3NOS. The van der Waals surface area contributed by atoms with Crippen molar-refractivity contribution < 1.29 is 18.0 Å². The summed E-state index contributed by atoms with van der Waals surface area (Å²) in [6, 6.07) is 13.5. The van der Waals surface area contributed by atoms with Gasteiger partial charge in [-0.15, -0.1) is 11.8 Å². The molecule has 27 heavy (non-hydrogen) atoms. The fraction of sp³-hybridized carbons (Fsp3) is 0.381. The van der Waals surface area contributed by atoms with Crippen LogP contribution in [0.3, 0.4) is 0 Å². The molecule has 2 nitrogen and oxygen atoms in total. The maximum Gasteiger partial charge on any atom is 0.416 e. The molecular weight excluding hydrogens is 371 g/mol. The maximum atomic E-state index is 12.9. The lowest BCUT2D eigenvalue weighted by molar-refractivity contribution is -0.137. The van der Waals surface area contributed by atoms with E-state index in [1.807, 2.05) is 43.0 Å². The number of rotatable bonds is 5. The predicted molar refractivity (Wildman–Crippen MR) is 101 cm³/mol. The van der Waals surface area contributed by atoms with E-state index in [4.69, 9.17) is 0 Å². The zero-order chi connectivity index (χ0) is 19.6. The van der Waals surface area contributed by atoms with Gasteiger partial charge in [-0.2, -0.15) is 13.2 Å². The number of alkyl halides is 3. The molecule has 1 heterocycles. The minimum atomic E-state index is -4.34. The lowest BCUT2D eigenvalue weighted by Crippen LogP contribution is -2.25. The van der Waals surface area contributed by atoms with E-state index in [1.54, 1.807) is 6.07 Å². The van der Waals surface area contributed by atoms with Crippen LogP contribution in [0.25, 0.3) is 0 Å². The van der Waals surface area contributed by atoms with Crippen LogP contribution in [-0.4, -0.2) is 22.6 Å². The van der Waals surface area contributed by atoms with E-state index in [9.17, 15) is 18.0 Å². The molecule has 2 atom stereocenters. The normalized spacial score (nSPS) is 18.8. The van der Waals surface area contributed by atoms with Gasteiger partial charge in [-0.25, -0.2) is 0 Å². The highest BCUT2D eigenvalue weighted by Gasteiger charge is 2.34. The smallest absolute Gasteiger partial charge is 0.338 e. The molecule has 6 heteroatoms. The molecule has 1 amide bonds. The highest BCUT2D eigenvalue weighted by atomic mass is 32.2. The second kappa shape index (κ2) is 7.97. The molecule has 1 aliphatic rings. The van der Waals surface area contributed by atoms with Crippen molar-refractivity contribution in [2.24, 2.45) is 5.92 Å². The van der Waals surface area contributed by atoms with E-state index in [-0.39, 0.29) is 17.1 Å². The molecule has 0 spiro atoms. The fourth-order valence-electron chi connectivity index (χ4n) is 3.24. The van der Waals surface area contributed by atoms with Crippen LogP contribution in [0.15, 0.2) is 53.4 Å². The van der Waals surface area contributed by atoms with Gasteiger partial charge in [0.05, 0.1) is 5.56 Å². The average Bonchev–Trinajstić information content (AvgIpc) is 2.97. The van der Waals surface area contributed by atoms with Crippen LogP contribution < -0.4 is 0 Å². The lowest BCUT2D eigenvalue weighted by atomic mass is 10.1. The Morgan fingerprint density at radius 3 is 2.56 bits per heavy atom. The third kappa shape index (κ3) is 5.06. The molecule has 0 bridgehead atoms. The van der Waals surface area contributed by atoms with Crippen LogP contribution in [0, 0.1) is 12.8 Å². The number of benzene rings is 2. The Morgan fingerprint density at radius 2 is 1.89 bits per heavy atom. The number of hydrogen-bond acceptors (Lipinski definition) is 2. The molecule has 2 unspecified atom stereocenters. The van der Waals surface area contributed by atoms with Gasteiger partial charge in [-0.1, -0.05) is 42.8 Å². The minimum absolute atomic E-state index is 0.0560. The molecule has 1 saturated heterocycles. The number of carbonyl (C=O) groups is 1. The van der Waals surface area contributed by atoms with Gasteiger partial charge in [-0.3, -0.25) is 4.79 Å².